The van der Waals surface area contributed by atoms with E-state index in [-0.39, 0.29) is 12.3 Å². The molecule has 1 saturated carbocycles. The Morgan fingerprint density at radius 1 is 1.22 bits per heavy atom. The lowest BCUT2D eigenvalue weighted by atomic mass is 9.87. The number of amides is 3. The third kappa shape index (κ3) is 4.53. The average Bonchev–Trinajstić information content (AvgIpc) is 3.02. The molecule has 1 aliphatic heterocycles. The minimum Gasteiger partial charge on any atom is -0.444 e. The number of alkyl carbamates (subject to hydrolysis) is 1. The summed E-state index contributed by atoms with van der Waals surface area (Å²) in [6, 6.07) is -0.783. The van der Waals surface area contributed by atoms with Crippen LogP contribution < -0.4 is 10.6 Å². The summed E-state index contributed by atoms with van der Waals surface area (Å²) in [5.74, 6) is -2.45. The molecule has 23 heavy (non-hydrogen) atoms. The Labute approximate surface area is 135 Å². The molecular weight excluding hydrogens is 300 g/mol. The number of hydrogen-bond donors (Lipinski definition) is 2. The number of ketones is 1. The third-order valence-electron chi connectivity index (χ3n) is 4.16. The third-order valence-corrected chi connectivity index (χ3v) is 4.16. The van der Waals surface area contributed by atoms with Gasteiger partial charge in [-0.25, -0.2) is 4.79 Å². The van der Waals surface area contributed by atoms with Gasteiger partial charge in [0.05, 0.1) is 6.04 Å². The van der Waals surface area contributed by atoms with Gasteiger partial charge in [-0.1, -0.05) is 12.8 Å². The molecule has 0 bridgehead atoms. The lowest BCUT2D eigenvalue weighted by Gasteiger charge is -2.27. The fourth-order valence-corrected chi connectivity index (χ4v) is 3.15. The van der Waals surface area contributed by atoms with Gasteiger partial charge in [0, 0.05) is 6.42 Å². The minimum atomic E-state index is -1.01. The summed E-state index contributed by atoms with van der Waals surface area (Å²) in [6.07, 6.45) is 2.79. The van der Waals surface area contributed by atoms with Crippen LogP contribution in [-0.2, 0) is 19.1 Å². The molecule has 1 aliphatic carbocycles. The van der Waals surface area contributed by atoms with Crippen molar-refractivity contribution in [3.63, 3.8) is 0 Å². The maximum absolute atomic E-state index is 12.7. The molecule has 0 aromatic carbocycles. The Kier molecular flexibility index (Phi) is 5.06. The molecule has 2 aliphatic rings. The van der Waals surface area contributed by atoms with Crippen molar-refractivity contribution in [1.82, 2.24) is 10.6 Å². The molecule has 0 aromatic heterocycles. The summed E-state index contributed by atoms with van der Waals surface area (Å²) in [5.41, 5.74) is -0.673. The molecule has 2 rings (SSSR count). The monoisotopic (exact) mass is 324 g/mol. The van der Waals surface area contributed by atoms with Gasteiger partial charge >= 0.3 is 6.09 Å². The number of Topliss-reactive ketones (excluding diaryl/α,β-unsaturated/α-hetero) is 1. The summed E-state index contributed by atoms with van der Waals surface area (Å²) < 4.78 is 5.22. The predicted molar refractivity (Wildman–Crippen MR) is 81.4 cm³/mol. The van der Waals surface area contributed by atoms with Crippen LogP contribution in [0.2, 0.25) is 0 Å². The average molecular weight is 324 g/mol. The molecule has 2 atom stereocenters. The second-order valence-electron chi connectivity index (χ2n) is 7.24. The van der Waals surface area contributed by atoms with E-state index in [1.807, 2.05) is 0 Å². The van der Waals surface area contributed by atoms with E-state index in [1.54, 1.807) is 20.8 Å². The molecule has 1 heterocycles. The normalized spacial score (nSPS) is 23.5. The van der Waals surface area contributed by atoms with Crippen molar-refractivity contribution in [2.24, 2.45) is 11.8 Å². The van der Waals surface area contributed by atoms with Gasteiger partial charge in [-0.2, -0.15) is 0 Å². The van der Waals surface area contributed by atoms with Crippen molar-refractivity contribution in [3.05, 3.63) is 0 Å². The SMILES string of the molecule is CC(C)(C)OC(=O)N[C@H](C(=O)[C@H]1CC(=O)NC1=O)C1CCCC1. The zero-order chi connectivity index (χ0) is 17.2. The van der Waals surface area contributed by atoms with Gasteiger partial charge in [0.2, 0.25) is 11.8 Å². The maximum Gasteiger partial charge on any atom is 0.408 e. The highest BCUT2D eigenvalue weighted by Gasteiger charge is 2.43. The van der Waals surface area contributed by atoms with Crippen LogP contribution in [0.1, 0.15) is 52.9 Å². The van der Waals surface area contributed by atoms with Gasteiger partial charge in [-0.15, -0.1) is 0 Å². The zero-order valence-electron chi connectivity index (χ0n) is 13.8. The first-order chi connectivity index (χ1) is 10.7. The quantitative estimate of drug-likeness (QED) is 0.599. The van der Waals surface area contributed by atoms with E-state index in [4.69, 9.17) is 4.74 Å². The van der Waals surface area contributed by atoms with Crippen molar-refractivity contribution < 1.29 is 23.9 Å². The van der Waals surface area contributed by atoms with Crippen LogP contribution in [0, 0.1) is 11.8 Å². The van der Waals surface area contributed by atoms with Crippen molar-refractivity contribution in [3.8, 4) is 0 Å². The van der Waals surface area contributed by atoms with Crippen LogP contribution in [-0.4, -0.2) is 35.3 Å². The summed E-state index contributed by atoms with van der Waals surface area (Å²) in [7, 11) is 0. The summed E-state index contributed by atoms with van der Waals surface area (Å²) in [4.78, 5) is 47.8. The number of hydrogen-bond acceptors (Lipinski definition) is 5. The second-order valence-corrected chi connectivity index (χ2v) is 7.24. The molecule has 2 N–H and O–H groups in total. The highest BCUT2D eigenvalue weighted by atomic mass is 16.6. The highest BCUT2D eigenvalue weighted by molar-refractivity contribution is 6.15. The predicted octanol–water partition coefficient (Wildman–Crippen LogP) is 1.30. The summed E-state index contributed by atoms with van der Waals surface area (Å²) in [5, 5.41) is 4.77. The first-order valence-electron chi connectivity index (χ1n) is 8.04. The molecule has 128 valence electrons. The van der Waals surface area contributed by atoms with Crippen LogP contribution in [0.5, 0.6) is 0 Å². The molecule has 1 saturated heterocycles. The van der Waals surface area contributed by atoms with E-state index in [1.165, 1.54) is 0 Å². The first kappa shape index (κ1) is 17.4. The Bertz CT molecular complexity index is 517. The van der Waals surface area contributed by atoms with E-state index in [9.17, 15) is 19.2 Å². The van der Waals surface area contributed by atoms with Crippen LogP contribution in [0.4, 0.5) is 4.79 Å². The van der Waals surface area contributed by atoms with Gasteiger partial charge in [0.15, 0.2) is 5.78 Å². The van der Waals surface area contributed by atoms with Crippen molar-refractivity contribution in [2.45, 2.75) is 64.5 Å². The number of imide groups is 1. The molecule has 2 fully saturated rings. The molecule has 0 spiro atoms. The van der Waals surface area contributed by atoms with Gasteiger partial charge < -0.3 is 10.1 Å². The van der Waals surface area contributed by atoms with Gasteiger partial charge in [0.1, 0.15) is 11.5 Å². The fourth-order valence-electron chi connectivity index (χ4n) is 3.15. The fraction of sp³-hybridized carbons (Fsp3) is 0.750. The number of carbonyl (C=O) groups is 4. The standard InChI is InChI=1S/C16H24N2O5/c1-16(2,3)23-15(22)18-12(9-6-4-5-7-9)13(20)10-8-11(19)17-14(10)21/h9-10,12H,4-8H2,1-3H3,(H,18,22)(H,17,19,21)/t10-,12+/m1/s1. The molecule has 0 aromatic rings. The molecule has 7 nitrogen and oxygen atoms in total. The van der Waals surface area contributed by atoms with Gasteiger partial charge in [-0.05, 0) is 39.5 Å². The molecular formula is C16H24N2O5. The van der Waals surface area contributed by atoms with Crippen LogP contribution in [0.3, 0.4) is 0 Å². The topological polar surface area (TPSA) is 102 Å². The summed E-state index contributed by atoms with van der Waals surface area (Å²) in [6.45, 7) is 5.21. The van der Waals surface area contributed by atoms with E-state index in [0.29, 0.717) is 0 Å². The van der Waals surface area contributed by atoms with Gasteiger partial charge in [-0.3, -0.25) is 19.7 Å². The number of nitrogens with one attached hydrogen (secondary N) is 2. The Balaban J connectivity index is 2.11. The largest absolute Gasteiger partial charge is 0.444 e. The second kappa shape index (κ2) is 6.68. The minimum absolute atomic E-state index is 0.0153. The Morgan fingerprint density at radius 2 is 1.83 bits per heavy atom. The lowest BCUT2D eigenvalue weighted by molar-refractivity contribution is -0.133. The van der Waals surface area contributed by atoms with E-state index >= 15 is 0 Å². The van der Waals surface area contributed by atoms with E-state index in [2.05, 4.69) is 10.6 Å². The van der Waals surface area contributed by atoms with Crippen molar-refractivity contribution >= 4 is 23.7 Å². The molecule has 0 radical (unpaired) electrons. The zero-order valence-corrected chi connectivity index (χ0v) is 13.8. The number of ether oxygens (including phenoxy) is 1. The van der Waals surface area contributed by atoms with E-state index in [0.717, 1.165) is 25.7 Å². The van der Waals surface area contributed by atoms with Gasteiger partial charge in [0.25, 0.3) is 0 Å². The highest BCUT2D eigenvalue weighted by Crippen LogP contribution is 2.30. The Hall–Kier alpha value is -1.92. The maximum atomic E-state index is 12.7. The smallest absolute Gasteiger partial charge is 0.408 e. The molecule has 7 heteroatoms. The van der Waals surface area contributed by atoms with Crippen LogP contribution >= 0.6 is 0 Å². The van der Waals surface area contributed by atoms with Crippen LogP contribution in [0.15, 0.2) is 0 Å². The van der Waals surface area contributed by atoms with Crippen molar-refractivity contribution in [2.75, 3.05) is 0 Å². The Morgan fingerprint density at radius 3 is 2.30 bits per heavy atom. The molecule has 0 unspecified atom stereocenters. The van der Waals surface area contributed by atoms with Crippen LogP contribution in [0.25, 0.3) is 0 Å². The number of carbonyl (C=O) groups excluding carboxylic acids is 4. The first-order valence-corrected chi connectivity index (χ1v) is 8.04. The molecule has 3 amide bonds. The number of rotatable bonds is 4. The van der Waals surface area contributed by atoms with Crippen molar-refractivity contribution in [1.29, 1.82) is 0 Å². The lowest BCUT2D eigenvalue weighted by Crippen LogP contribution is -2.50. The van der Waals surface area contributed by atoms with E-state index < -0.39 is 41.3 Å². The summed E-state index contributed by atoms with van der Waals surface area (Å²) >= 11 is 0.